The van der Waals surface area contributed by atoms with Gasteiger partial charge in [0.05, 0.1) is 0 Å². The molecule has 0 radical (unpaired) electrons. The lowest BCUT2D eigenvalue weighted by Crippen LogP contribution is -2.60. The van der Waals surface area contributed by atoms with Crippen molar-refractivity contribution < 1.29 is 18.8 Å². The number of benzene rings is 1. The van der Waals surface area contributed by atoms with E-state index in [0.717, 1.165) is 0 Å². The second kappa shape index (κ2) is 5.64. The molecule has 0 aliphatic carbocycles. The summed E-state index contributed by atoms with van der Waals surface area (Å²) in [4.78, 5) is 37.8. The molecule has 6 nitrogen and oxygen atoms in total. The van der Waals surface area contributed by atoms with Crippen molar-refractivity contribution in [2.24, 2.45) is 0 Å². The molecule has 7 heteroatoms. The van der Waals surface area contributed by atoms with E-state index < -0.39 is 23.8 Å². The van der Waals surface area contributed by atoms with Crippen LogP contribution in [-0.4, -0.2) is 47.3 Å². The molecule has 3 amide bonds. The van der Waals surface area contributed by atoms with Gasteiger partial charge >= 0.3 is 0 Å². The van der Waals surface area contributed by atoms with Gasteiger partial charge in [-0.1, -0.05) is 6.07 Å². The Morgan fingerprint density at radius 1 is 1.39 bits per heavy atom. The predicted molar refractivity (Wildman–Crippen MR) is 80.1 cm³/mol. The van der Waals surface area contributed by atoms with Crippen LogP contribution in [-0.2, 0) is 9.59 Å². The lowest BCUT2D eigenvalue weighted by Gasteiger charge is -2.32. The summed E-state index contributed by atoms with van der Waals surface area (Å²) in [5.74, 6) is -1.19. The van der Waals surface area contributed by atoms with E-state index in [1.54, 1.807) is 26.0 Å². The highest BCUT2D eigenvalue weighted by Gasteiger charge is 2.45. The van der Waals surface area contributed by atoms with Crippen LogP contribution in [0.3, 0.4) is 0 Å². The van der Waals surface area contributed by atoms with Crippen LogP contribution in [0.1, 0.15) is 29.3 Å². The fourth-order valence-electron chi connectivity index (χ4n) is 3.06. The number of rotatable bonds is 2. The molecule has 2 aliphatic rings. The zero-order chi connectivity index (χ0) is 16.7. The quantitative estimate of drug-likeness (QED) is 0.826. The van der Waals surface area contributed by atoms with Gasteiger partial charge in [-0.25, -0.2) is 4.39 Å². The van der Waals surface area contributed by atoms with E-state index in [9.17, 15) is 18.8 Å². The van der Waals surface area contributed by atoms with Gasteiger partial charge < -0.3 is 15.5 Å². The van der Waals surface area contributed by atoms with Crippen molar-refractivity contribution in [2.45, 2.75) is 38.4 Å². The van der Waals surface area contributed by atoms with Crippen LogP contribution < -0.4 is 10.6 Å². The first-order valence-electron chi connectivity index (χ1n) is 7.54. The first-order chi connectivity index (χ1) is 10.9. The van der Waals surface area contributed by atoms with E-state index in [1.165, 1.54) is 11.0 Å². The third kappa shape index (κ3) is 2.78. The number of nitrogens with zero attached hydrogens (tertiary/aromatic N) is 1. The number of nitrogens with one attached hydrogen (secondary N) is 2. The summed E-state index contributed by atoms with van der Waals surface area (Å²) in [5, 5.41) is 5.40. The van der Waals surface area contributed by atoms with E-state index in [2.05, 4.69) is 10.6 Å². The minimum absolute atomic E-state index is 0.146. The molecule has 23 heavy (non-hydrogen) atoms. The summed E-state index contributed by atoms with van der Waals surface area (Å²) in [6, 6.07) is 2.87. The lowest BCUT2D eigenvalue weighted by atomic mass is 10.1. The van der Waals surface area contributed by atoms with Crippen LogP contribution in [0, 0.1) is 12.7 Å². The van der Waals surface area contributed by atoms with Gasteiger partial charge in [-0.15, -0.1) is 0 Å². The summed E-state index contributed by atoms with van der Waals surface area (Å²) < 4.78 is 13.6. The maximum absolute atomic E-state index is 13.6. The Morgan fingerprint density at radius 3 is 2.83 bits per heavy atom. The SMILES string of the molecule is Cc1ccc(C(=O)N[C@H]2C[C@H]3C(=O)N[C@@H](C)C(=O)N3C2)cc1F. The minimum atomic E-state index is -0.543. The molecule has 2 fully saturated rings. The molecule has 0 unspecified atom stereocenters. The summed E-state index contributed by atoms with van der Waals surface area (Å²) in [7, 11) is 0. The fraction of sp³-hybridized carbons (Fsp3) is 0.438. The van der Waals surface area contributed by atoms with Crippen LogP contribution in [0.4, 0.5) is 4.39 Å². The maximum atomic E-state index is 13.6. The molecule has 0 saturated carbocycles. The molecule has 1 aromatic rings. The molecule has 2 saturated heterocycles. The van der Waals surface area contributed by atoms with Crippen molar-refractivity contribution in [3.8, 4) is 0 Å². The number of halogens is 1. The second-order valence-corrected chi connectivity index (χ2v) is 6.11. The zero-order valence-corrected chi connectivity index (χ0v) is 12.9. The predicted octanol–water partition coefficient (Wildman–Crippen LogP) is 0.352. The molecule has 2 heterocycles. The van der Waals surface area contributed by atoms with Crippen molar-refractivity contribution in [2.75, 3.05) is 6.54 Å². The molecule has 0 aromatic heterocycles. The van der Waals surface area contributed by atoms with Crippen LogP contribution in [0.5, 0.6) is 0 Å². The van der Waals surface area contributed by atoms with Gasteiger partial charge in [-0.05, 0) is 38.0 Å². The summed E-state index contributed by atoms with van der Waals surface area (Å²) in [6.45, 7) is 3.55. The van der Waals surface area contributed by atoms with Gasteiger partial charge in [0.1, 0.15) is 17.9 Å². The molecule has 2 aliphatic heterocycles. The van der Waals surface area contributed by atoms with E-state index in [0.29, 0.717) is 18.5 Å². The highest BCUT2D eigenvalue weighted by atomic mass is 19.1. The Hall–Kier alpha value is -2.44. The third-order valence-corrected chi connectivity index (χ3v) is 4.39. The maximum Gasteiger partial charge on any atom is 0.251 e. The topological polar surface area (TPSA) is 78.5 Å². The number of aryl methyl sites for hydroxylation is 1. The number of fused-ring (bicyclic) bond motifs is 1. The smallest absolute Gasteiger partial charge is 0.251 e. The highest BCUT2D eigenvalue weighted by Crippen LogP contribution is 2.23. The minimum Gasteiger partial charge on any atom is -0.347 e. The van der Waals surface area contributed by atoms with E-state index in [-0.39, 0.29) is 23.4 Å². The molecule has 0 bridgehead atoms. The largest absolute Gasteiger partial charge is 0.347 e. The molecule has 0 spiro atoms. The summed E-state index contributed by atoms with van der Waals surface area (Å²) in [5.41, 5.74) is 0.693. The third-order valence-electron chi connectivity index (χ3n) is 4.39. The van der Waals surface area contributed by atoms with Gasteiger partial charge in [0.2, 0.25) is 11.8 Å². The Morgan fingerprint density at radius 2 is 2.13 bits per heavy atom. The average molecular weight is 319 g/mol. The van der Waals surface area contributed by atoms with Crippen molar-refractivity contribution in [3.05, 3.63) is 35.1 Å². The molecule has 122 valence electrons. The van der Waals surface area contributed by atoms with Gasteiger partial charge in [-0.2, -0.15) is 0 Å². The van der Waals surface area contributed by atoms with Crippen molar-refractivity contribution in [3.63, 3.8) is 0 Å². The van der Waals surface area contributed by atoms with Crippen molar-refractivity contribution in [1.29, 1.82) is 0 Å². The average Bonchev–Trinajstić information content (AvgIpc) is 2.92. The van der Waals surface area contributed by atoms with Crippen LogP contribution in [0.15, 0.2) is 18.2 Å². The molecule has 2 N–H and O–H groups in total. The Balaban J connectivity index is 1.70. The summed E-state index contributed by atoms with van der Waals surface area (Å²) in [6.07, 6.45) is 0.365. The number of hydrogen-bond acceptors (Lipinski definition) is 3. The zero-order valence-electron chi connectivity index (χ0n) is 12.9. The lowest BCUT2D eigenvalue weighted by molar-refractivity contribution is -0.146. The number of hydrogen-bond donors (Lipinski definition) is 2. The Bertz CT molecular complexity index is 691. The van der Waals surface area contributed by atoms with Crippen molar-refractivity contribution in [1.82, 2.24) is 15.5 Å². The number of carbonyl (C=O) groups is 3. The van der Waals surface area contributed by atoms with E-state index >= 15 is 0 Å². The van der Waals surface area contributed by atoms with Crippen LogP contribution in [0.25, 0.3) is 0 Å². The van der Waals surface area contributed by atoms with Crippen LogP contribution in [0.2, 0.25) is 0 Å². The number of piperazine rings is 1. The standard InChI is InChI=1S/C16H18FN3O3/c1-8-3-4-10(5-12(8)17)14(21)19-11-6-13-15(22)18-9(2)16(23)20(13)7-11/h3-5,9,11,13H,6-7H2,1-2H3,(H,18,22)(H,19,21)/t9-,11-,13-/m0/s1. The van der Waals surface area contributed by atoms with Gasteiger partial charge in [0, 0.05) is 18.2 Å². The van der Waals surface area contributed by atoms with Gasteiger partial charge in [0.25, 0.3) is 5.91 Å². The first-order valence-corrected chi connectivity index (χ1v) is 7.54. The second-order valence-electron chi connectivity index (χ2n) is 6.11. The van der Waals surface area contributed by atoms with Crippen molar-refractivity contribution >= 4 is 17.7 Å². The van der Waals surface area contributed by atoms with Gasteiger partial charge in [-0.3, -0.25) is 14.4 Å². The first kappa shape index (κ1) is 15.5. The molecular formula is C16H18FN3O3. The number of amides is 3. The van der Waals surface area contributed by atoms with E-state index in [4.69, 9.17) is 0 Å². The molecule has 3 rings (SSSR count). The highest BCUT2D eigenvalue weighted by molar-refractivity contribution is 5.98. The fourth-order valence-corrected chi connectivity index (χ4v) is 3.06. The van der Waals surface area contributed by atoms with Crippen LogP contribution >= 0.6 is 0 Å². The molecular weight excluding hydrogens is 301 g/mol. The number of carbonyl (C=O) groups excluding carboxylic acids is 3. The summed E-state index contributed by atoms with van der Waals surface area (Å²) >= 11 is 0. The van der Waals surface area contributed by atoms with E-state index in [1.807, 2.05) is 0 Å². The molecule has 3 atom stereocenters. The Labute approximate surface area is 133 Å². The molecule has 1 aromatic carbocycles. The van der Waals surface area contributed by atoms with Gasteiger partial charge in [0.15, 0.2) is 0 Å². The normalized spacial score (nSPS) is 26.7. The Kier molecular flexibility index (Phi) is 3.79. The monoisotopic (exact) mass is 319 g/mol.